The van der Waals surface area contributed by atoms with E-state index in [0.717, 1.165) is 19.1 Å². The lowest BCUT2D eigenvalue weighted by atomic mass is 10.00. The van der Waals surface area contributed by atoms with Crippen molar-refractivity contribution in [1.29, 1.82) is 0 Å². The minimum Gasteiger partial charge on any atom is -0.378 e. The van der Waals surface area contributed by atoms with Gasteiger partial charge in [-0.1, -0.05) is 39.5 Å². The molecular weight excluding hydrogens is 198 g/mol. The third kappa shape index (κ3) is 5.31. The molecule has 0 radical (unpaired) electrons. The van der Waals surface area contributed by atoms with Crippen LogP contribution in [0.15, 0.2) is 0 Å². The van der Waals surface area contributed by atoms with E-state index in [9.17, 15) is 0 Å². The van der Waals surface area contributed by atoms with E-state index in [-0.39, 0.29) is 0 Å². The van der Waals surface area contributed by atoms with Crippen LogP contribution in [0.25, 0.3) is 0 Å². The Bertz CT molecular complexity index is 161. The van der Waals surface area contributed by atoms with Crippen LogP contribution in [0.5, 0.6) is 0 Å². The molecule has 0 spiro atoms. The molecular formula is C14H29NO. The molecule has 1 heterocycles. The van der Waals surface area contributed by atoms with Crippen molar-refractivity contribution in [3.63, 3.8) is 0 Å². The molecule has 0 aliphatic carbocycles. The van der Waals surface area contributed by atoms with Crippen LogP contribution in [-0.4, -0.2) is 25.8 Å². The van der Waals surface area contributed by atoms with Gasteiger partial charge >= 0.3 is 0 Å². The maximum absolute atomic E-state index is 5.68. The van der Waals surface area contributed by atoms with Crippen LogP contribution < -0.4 is 5.32 Å². The van der Waals surface area contributed by atoms with Gasteiger partial charge < -0.3 is 10.1 Å². The summed E-state index contributed by atoms with van der Waals surface area (Å²) in [6, 6.07) is 0. The van der Waals surface area contributed by atoms with Crippen molar-refractivity contribution in [3.05, 3.63) is 0 Å². The molecule has 0 bridgehead atoms. The maximum atomic E-state index is 5.68. The molecule has 0 aromatic heterocycles. The maximum Gasteiger partial charge on any atom is 0.0613 e. The molecule has 1 aliphatic rings. The van der Waals surface area contributed by atoms with Crippen LogP contribution in [0.3, 0.4) is 0 Å². The van der Waals surface area contributed by atoms with Gasteiger partial charge in [-0.15, -0.1) is 0 Å². The van der Waals surface area contributed by atoms with Crippen molar-refractivity contribution < 1.29 is 4.74 Å². The summed E-state index contributed by atoms with van der Waals surface area (Å²) in [4.78, 5) is 0. The molecule has 0 aromatic rings. The molecule has 1 rings (SSSR count). The largest absolute Gasteiger partial charge is 0.378 e. The molecule has 16 heavy (non-hydrogen) atoms. The monoisotopic (exact) mass is 227 g/mol. The Morgan fingerprint density at radius 1 is 1.12 bits per heavy atom. The summed E-state index contributed by atoms with van der Waals surface area (Å²) in [5.41, 5.74) is 0. The lowest BCUT2D eigenvalue weighted by molar-refractivity contribution is 0.0873. The van der Waals surface area contributed by atoms with Gasteiger partial charge in [0.25, 0.3) is 0 Å². The highest BCUT2D eigenvalue weighted by Gasteiger charge is 2.25. The van der Waals surface area contributed by atoms with E-state index in [2.05, 4.69) is 19.2 Å². The van der Waals surface area contributed by atoms with E-state index >= 15 is 0 Å². The predicted octanol–water partition coefficient (Wildman–Crippen LogP) is 3.36. The third-order valence-corrected chi connectivity index (χ3v) is 3.61. The molecule has 0 saturated carbocycles. The van der Waals surface area contributed by atoms with Crippen LogP contribution in [-0.2, 0) is 4.74 Å². The minimum absolute atomic E-state index is 0.521. The van der Waals surface area contributed by atoms with Crippen molar-refractivity contribution in [2.45, 2.75) is 64.9 Å². The molecule has 2 unspecified atom stereocenters. The Balaban J connectivity index is 1.90. The van der Waals surface area contributed by atoms with Gasteiger partial charge in [-0.05, 0) is 31.7 Å². The zero-order chi connectivity index (χ0) is 11.6. The van der Waals surface area contributed by atoms with Gasteiger partial charge in [-0.25, -0.2) is 0 Å². The number of nitrogens with one attached hydrogen (secondary N) is 1. The third-order valence-electron chi connectivity index (χ3n) is 3.61. The fourth-order valence-electron chi connectivity index (χ4n) is 2.52. The SMILES string of the molecule is CCCCCCCNCC1CCOC1CC. The lowest BCUT2D eigenvalue weighted by Gasteiger charge is -2.17. The van der Waals surface area contributed by atoms with Gasteiger partial charge in [0, 0.05) is 13.2 Å². The second-order valence-electron chi connectivity index (χ2n) is 4.98. The van der Waals surface area contributed by atoms with Crippen molar-refractivity contribution in [2.75, 3.05) is 19.7 Å². The summed E-state index contributed by atoms with van der Waals surface area (Å²) < 4.78 is 5.68. The van der Waals surface area contributed by atoms with Crippen molar-refractivity contribution >= 4 is 0 Å². The summed E-state index contributed by atoms with van der Waals surface area (Å²) in [5.74, 6) is 0.764. The van der Waals surface area contributed by atoms with Crippen LogP contribution in [0.1, 0.15) is 58.8 Å². The second kappa shape index (κ2) is 9.00. The summed E-state index contributed by atoms with van der Waals surface area (Å²) in [6.07, 6.45) is 9.81. The molecule has 0 amide bonds. The highest BCUT2D eigenvalue weighted by Crippen LogP contribution is 2.22. The number of unbranched alkanes of at least 4 members (excludes halogenated alkanes) is 4. The van der Waals surface area contributed by atoms with E-state index in [1.54, 1.807) is 0 Å². The van der Waals surface area contributed by atoms with Crippen LogP contribution in [0.2, 0.25) is 0 Å². The summed E-state index contributed by atoms with van der Waals surface area (Å²) in [7, 11) is 0. The first-order valence-electron chi connectivity index (χ1n) is 7.20. The zero-order valence-electron chi connectivity index (χ0n) is 11.1. The van der Waals surface area contributed by atoms with E-state index in [0.29, 0.717) is 6.10 Å². The van der Waals surface area contributed by atoms with Gasteiger partial charge in [0.05, 0.1) is 6.10 Å². The molecule has 96 valence electrons. The van der Waals surface area contributed by atoms with E-state index in [1.165, 1.54) is 51.5 Å². The standard InChI is InChI=1S/C14H29NO/c1-3-5-6-7-8-10-15-12-13-9-11-16-14(13)4-2/h13-15H,3-12H2,1-2H3. The Labute approximate surface area is 101 Å². The van der Waals surface area contributed by atoms with E-state index in [4.69, 9.17) is 4.74 Å². The topological polar surface area (TPSA) is 21.3 Å². The minimum atomic E-state index is 0.521. The predicted molar refractivity (Wildman–Crippen MR) is 69.8 cm³/mol. The molecule has 2 atom stereocenters. The van der Waals surface area contributed by atoms with Gasteiger partial charge in [0.2, 0.25) is 0 Å². The summed E-state index contributed by atoms with van der Waals surface area (Å²) >= 11 is 0. The smallest absolute Gasteiger partial charge is 0.0613 e. The van der Waals surface area contributed by atoms with Crippen molar-refractivity contribution in [2.24, 2.45) is 5.92 Å². The summed E-state index contributed by atoms with van der Waals surface area (Å²) in [6.45, 7) is 7.82. The second-order valence-corrected chi connectivity index (χ2v) is 4.98. The number of hydrogen-bond donors (Lipinski definition) is 1. The Kier molecular flexibility index (Phi) is 7.87. The number of ether oxygens (including phenoxy) is 1. The molecule has 1 fully saturated rings. The first-order valence-corrected chi connectivity index (χ1v) is 7.20. The Morgan fingerprint density at radius 3 is 2.69 bits per heavy atom. The molecule has 1 N–H and O–H groups in total. The zero-order valence-corrected chi connectivity index (χ0v) is 11.1. The van der Waals surface area contributed by atoms with Crippen LogP contribution >= 0.6 is 0 Å². The fourth-order valence-corrected chi connectivity index (χ4v) is 2.52. The number of rotatable bonds is 9. The first-order chi connectivity index (χ1) is 7.88. The quantitative estimate of drug-likeness (QED) is 0.610. The van der Waals surface area contributed by atoms with E-state index in [1.807, 2.05) is 0 Å². The first kappa shape index (κ1) is 14.0. The average molecular weight is 227 g/mol. The normalized spacial score (nSPS) is 25.1. The lowest BCUT2D eigenvalue weighted by Crippen LogP contribution is -2.28. The molecule has 1 saturated heterocycles. The molecule has 0 aromatic carbocycles. The van der Waals surface area contributed by atoms with Crippen LogP contribution in [0.4, 0.5) is 0 Å². The summed E-state index contributed by atoms with van der Waals surface area (Å²) in [5, 5.41) is 3.59. The van der Waals surface area contributed by atoms with Gasteiger partial charge in [0.1, 0.15) is 0 Å². The average Bonchev–Trinajstić information content (AvgIpc) is 2.75. The van der Waals surface area contributed by atoms with Gasteiger partial charge in [-0.2, -0.15) is 0 Å². The highest BCUT2D eigenvalue weighted by molar-refractivity contribution is 4.76. The van der Waals surface area contributed by atoms with Crippen LogP contribution in [0, 0.1) is 5.92 Å². The Hall–Kier alpha value is -0.0800. The fraction of sp³-hybridized carbons (Fsp3) is 1.00. The van der Waals surface area contributed by atoms with Gasteiger partial charge in [0.15, 0.2) is 0 Å². The molecule has 2 nitrogen and oxygen atoms in total. The molecule has 1 aliphatic heterocycles. The number of hydrogen-bond acceptors (Lipinski definition) is 2. The highest BCUT2D eigenvalue weighted by atomic mass is 16.5. The molecule has 2 heteroatoms. The van der Waals surface area contributed by atoms with E-state index < -0.39 is 0 Å². The van der Waals surface area contributed by atoms with Crippen molar-refractivity contribution in [3.8, 4) is 0 Å². The Morgan fingerprint density at radius 2 is 1.94 bits per heavy atom. The van der Waals surface area contributed by atoms with Gasteiger partial charge in [-0.3, -0.25) is 0 Å². The van der Waals surface area contributed by atoms with Crippen molar-refractivity contribution in [1.82, 2.24) is 5.32 Å².